The number of methoxy groups -OCH3 is 1. The maximum atomic E-state index is 11.8. The molecule has 19 heavy (non-hydrogen) atoms. The summed E-state index contributed by atoms with van der Waals surface area (Å²) in [6.45, 7) is 0. The summed E-state index contributed by atoms with van der Waals surface area (Å²) in [6.07, 6.45) is 0. The van der Waals surface area contributed by atoms with Crippen LogP contribution in [0.5, 0.6) is 5.75 Å². The number of carbonyl (C=O) groups excluding carboxylic acids is 1. The maximum absolute atomic E-state index is 11.8. The summed E-state index contributed by atoms with van der Waals surface area (Å²) in [4.78, 5) is 11.8. The third-order valence-electron chi connectivity index (χ3n) is 2.61. The van der Waals surface area contributed by atoms with Gasteiger partial charge in [0.25, 0.3) is 0 Å². The summed E-state index contributed by atoms with van der Waals surface area (Å²) in [5, 5.41) is 10.7. The molecule has 0 aliphatic rings. The number of hydrogen-bond acceptors (Lipinski definition) is 3. The molecule has 3 nitrogen and oxygen atoms in total. The number of rotatable bonds is 2. The maximum Gasteiger partial charge on any atom is 0.342 e. The van der Waals surface area contributed by atoms with Crippen LogP contribution in [-0.2, 0) is 4.74 Å². The average molecular weight is 297 g/mol. The Morgan fingerprint density at radius 1 is 1.16 bits per heavy atom. The molecule has 98 valence electrons. The lowest BCUT2D eigenvalue weighted by Crippen LogP contribution is -2.04. The highest BCUT2D eigenvalue weighted by Gasteiger charge is 2.18. The summed E-state index contributed by atoms with van der Waals surface area (Å²) < 4.78 is 4.67. The van der Waals surface area contributed by atoms with Gasteiger partial charge in [-0.05, 0) is 29.8 Å². The third-order valence-corrected chi connectivity index (χ3v) is 3.04. The molecule has 0 saturated carbocycles. The molecule has 0 heterocycles. The van der Waals surface area contributed by atoms with Gasteiger partial charge in [-0.1, -0.05) is 35.3 Å². The minimum absolute atomic E-state index is 0.0864. The zero-order valence-corrected chi connectivity index (χ0v) is 11.5. The molecule has 0 amide bonds. The first kappa shape index (κ1) is 13.7. The predicted octanol–water partition coefficient (Wildman–Crippen LogP) is 4.15. The molecule has 2 aromatic carbocycles. The number of phenols is 1. The van der Waals surface area contributed by atoms with Crippen LogP contribution in [0.3, 0.4) is 0 Å². The standard InChI is InChI=1S/C14H10Cl2O3/c1-19-14(18)13-11(3-2-4-12(13)17)8-5-9(15)7-10(16)6-8/h2-7,17H,1H3. The Morgan fingerprint density at radius 2 is 1.79 bits per heavy atom. The molecular weight excluding hydrogens is 287 g/mol. The molecule has 2 aromatic rings. The molecule has 0 spiro atoms. The van der Waals surface area contributed by atoms with Gasteiger partial charge in [0.1, 0.15) is 11.3 Å². The van der Waals surface area contributed by atoms with Crippen LogP contribution in [0, 0.1) is 0 Å². The van der Waals surface area contributed by atoms with E-state index in [-0.39, 0.29) is 11.3 Å². The SMILES string of the molecule is COC(=O)c1c(O)cccc1-c1cc(Cl)cc(Cl)c1. The molecule has 0 aliphatic heterocycles. The van der Waals surface area contributed by atoms with E-state index in [1.165, 1.54) is 13.2 Å². The number of carbonyl (C=O) groups is 1. The number of aromatic hydroxyl groups is 1. The second kappa shape index (κ2) is 5.51. The highest BCUT2D eigenvalue weighted by Crippen LogP contribution is 2.33. The van der Waals surface area contributed by atoms with Gasteiger partial charge in [-0.15, -0.1) is 0 Å². The number of ether oxygens (including phenoxy) is 1. The third kappa shape index (κ3) is 2.83. The van der Waals surface area contributed by atoms with Gasteiger partial charge in [0.15, 0.2) is 0 Å². The molecule has 0 atom stereocenters. The summed E-state index contributed by atoms with van der Waals surface area (Å²) in [7, 11) is 1.25. The molecule has 0 bridgehead atoms. The van der Waals surface area contributed by atoms with Gasteiger partial charge >= 0.3 is 5.97 Å². The first-order valence-corrected chi connectivity index (χ1v) is 6.15. The first-order chi connectivity index (χ1) is 9.02. The van der Waals surface area contributed by atoms with Crippen LogP contribution in [0.15, 0.2) is 36.4 Å². The second-order valence-electron chi connectivity index (χ2n) is 3.85. The predicted molar refractivity (Wildman–Crippen MR) is 74.9 cm³/mol. The van der Waals surface area contributed by atoms with Crippen molar-refractivity contribution in [1.82, 2.24) is 0 Å². The number of halogens is 2. The van der Waals surface area contributed by atoms with E-state index in [1.807, 2.05) is 0 Å². The van der Waals surface area contributed by atoms with E-state index >= 15 is 0 Å². The van der Waals surface area contributed by atoms with Gasteiger partial charge in [0, 0.05) is 15.6 Å². The lowest BCUT2D eigenvalue weighted by molar-refractivity contribution is 0.0598. The fourth-order valence-corrected chi connectivity index (χ4v) is 2.33. The van der Waals surface area contributed by atoms with Crippen LogP contribution in [0.25, 0.3) is 11.1 Å². The zero-order valence-electron chi connectivity index (χ0n) is 9.98. The Labute approximate surface area is 120 Å². The van der Waals surface area contributed by atoms with Gasteiger partial charge in [0.2, 0.25) is 0 Å². The van der Waals surface area contributed by atoms with E-state index < -0.39 is 5.97 Å². The normalized spacial score (nSPS) is 10.3. The molecule has 5 heteroatoms. The van der Waals surface area contributed by atoms with Crippen LogP contribution in [0.2, 0.25) is 10.0 Å². The van der Waals surface area contributed by atoms with Gasteiger partial charge in [0.05, 0.1) is 7.11 Å². The molecule has 0 aromatic heterocycles. The fraction of sp³-hybridized carbons (Fsp3) is 0.0714. The Hall–Kier alpha value is -1.71. The molecule has 0 unspecified atom stereocenters. The van der Waals surface area contributed by atoms with E-state index in [4.69, 9.17) is 23.2 Å². The Bertz CT molecular complexity index is 618. The molecule has 0 saturated heterocycles. The minimum atomic E-state index is -0.621. The number of esters is 1. The summed E-state index contributed by atoms with van der Waals surface area (Å²) in [5.74, 6) is -0.773. The van der Waals surface area contributed by atoms with E-state index in [9.17, 15) is 9.90 Å². The molecule has 1 N–H and O–H groups in total. The van der Waals surface area contributed by atoms with Crippen molar-refractivity contribution in [2.24, 2.45) is 0 Å². The van der Waals surface area contributed by atoms with Crippen molar-refractivity contribution in [3.8, 4) is 16.9 Å². The van der Waals surface area contributed by atoms with Crippen molar-refractivity contribution in [2.75, 3.05) is 7.11 Å². The molecule has 0 radical (unpaired) electrons. The number of hydrogen-bond donors (Lipinski definition) is 1. The lowest BCUT2D eigenvalue weighted by Gasteiger charge is -2.10. The van der Waals surface area contributed by atoms with Gasteiger partial charge < -0.3 is 9.84 Å². The van der Waals surface area contributed by atoms with E-state index in [2.05, 4.69) is 4.74 Å². The molecule has 0 fully saturated rings. The quantitative estimate of drug-likeness (QED) is 0.847. The minimum Gasteiger partial charge on any atom is -0.507 e. The van der Waals surface area contributed by atoms with Gasteiger partial charge in [-0.3, -0.25) is 0 Å². The topological polar surface area (TPSA) is 46.5 Å². The van der Waals surface area contributed by atoms with Crippen LogP contribution < -0.4 is 0 Å². The zero-order chi connectivity index (χ0) is 14.0. The second-order valence-corrected chi connectivity index (χ2v) is 4.72. The van der Waals surface area contributed by atoms with Gasteiger partial charge in [-0.2, -0.15) is 0 Å². The molecule has 2 rings (SSSR count). The number of benzene rings is 2. The summed E-state index contributed by atoms with van der Waals surface area (Å²) in [5.41, 5.74) is 1.23. The Kier molecular flexibility index (Phi) is 3.98. The van der Waals surface area contributed by atoms with Crippen LogP contribution in [0.1, 0.15) is 10.4 Å². The summed E-state index contributed by atoms with van der Waals surface area (Å²) >= 11 is 11.9. The van der Waals surface area contributed by atoms with E-state index in [1.54, 1.807) is 30.3 Å². The van der Waals surface area contributed by atoms with Gasteiger partial charge in [-0.25, -0.2) is 4.79 Å². The fourth-order valence-electron chi connectivity index (χ4n) is 1.81. The van der Waals surface area contributed by atoms with Crippen molar-refractivity contribution < 1.29 is 14.6 Å². The van der Waals surface area contributed by atoms with Crippen molar-refractivity contribution in [3.63, 3.8) is 0 Å². The number of phenolic OH excluding ortho intramolecular Hbond substituents is 1. The van der Waals surface area contributed by atoms with E-state index in [0.29, 0.717) is 21.2 Å². The molecular formula is C14H10Cl2O3. The molecule has 0 aliphatic carbocycles. The average Bonchev–Trinajstić information content (AvgIpc) is 2.36. The van der Waals surface area contributed by atoms with Crippen LogP contribution in [0.4, 0.5) is 0 Å². The largest absolute Gasteiger partial charge is 0.507 e. The van der Waals surface area contributed by atoms with Crippen molar-refractivity contribution in [2.45, 2.75) is 0 Å². The Balaban J connectivity index is 2.68. The first-order valence-electron chi connectivity index (χ1n) is 5.39. The highest BCUT2D eigenvalue weighted by molar-refractivity contribution is 6.35. The van der Waals surface area contributed by atoms with Crippen LogP contribution in [-0.4, -0.2) is 18.2 Å². The Morgan fingerprint density at radius 3 is 2.37 bits per heavy atom. The monoisotopic (exact) mass is 296 g/mol. The van der Waals surface area contributed by atoms with Crippen molar-refractivity contribution in [3.05, 3.63) is 52.0 Å². The van der Waals surface area contributed by atoms with E-state index in [0.717, 1.165) is 0 Å². The lowest BCUT2D eigenvalue weighted by atomic mass is 9.99. The van der Waals surface area contributed by atoms with Crippen molar-refractivity contribution >= 4 is 29.2 Å². The summed E-state index contributed by atoms with van der Waals surface area (Å²) in [6, 6.07) is 9.65. The smallest absolute Gasteiger partial charge is 0.342 e. The van der Waals surface area contributed by atoms with Crippen molar-refractivity contribution in [1.29, 1.82) is 0 Å². The van der Waals surface area contributed by atoms with Crippen LogP contribution >= 0.6 is 23.2 Å². The highest BCUT2D eigenvalue weighted by atomic mass is 35.5.